The van der Waals surface area contributed by atoms with Crippen LogP contribution in [0.3, 0.4) is 0 Å². The summed E-state index contributed by atoms with van der Waals surface area (Å²) in [7, 11) is 0. The topological polar surface area (TPSA) is 62.3 Å². The number of halogens is 3. The summed E-state index contributed by atoms with van der Waals surface area (Å²) in [5.41, 5.74) is 1.55. The van der Waals surface area contributed by atoms with Gasteiger partial charge in [0, 0.05) is 12.4 Å². The summed E-state index contributed by atoms with van der Waals surface area (Å²) < 4.78 is 0. The standard InChI is InChI=1S/C11H9N5.3ClH.V/c1-2-8(10-12-4-5-13-10)16-9(3-1)11-14-6-7-15-11;;;;/h1-4,6H,5,7H2;3*1H;/q;;;;+3/p-3. The Hall–Kier alpha value is -0.716. The van der Waals surface area contributed by atoms with Crippen molar-refractivity contribution in [2.45, 2.75) is 0 Å². The van der Waals surface area contributed by atoms with Crippen LogP contribution in [0.25, 0.3) is 0 Å². The Morgan fingerprint density at radius 2 is 1.20 bits per heavy atom. The summed E-state index contributed by atoms with van der Waals surface area (Å²) in [5.74, 6) is 1.37. The fourth-order valence-corrected chi connectivity index (χ4v) is 1.57. The molecule has 0 N–H and O–H groups in total. The predicted molar refractivity (Wildman–Crippen MR) is 64.0 cm³/mol. The zero-order valence-corrected chi connectivity index (χ0v) is 13.8. The molecule has 1 aromatic heterocycles. The summed E-state index contributed by atoms with van der Waals surface area (Å²) in [5, 5.41) is 0. The molecule has 0 bridgehead atoms. The van der Waals surface area contributed by atoms with Crippen LogP contribution in [-0.4, -0.2) is 42.2 Å². The summed E-state index contributed by atoms with van der Waals surface area (Å²) >= 11 is 0. The molecule has 2 aliphatic heterocycles. The molecule has 0 radical (unpaired) electrons. The molecular formula is C11H9Cl3N5V. The number of amidine groups is 2. The van der Waals surface area contributed by atoms with Gasteiger partial charge in [0.25, 0.3) is 0 Å². The molecule has 0 spiro atoms. The van der Waals surface area contributed by atoms with Crippen LogP contribution in [0.4, 0.5) is 0 Å². The smallest absolute Gasteiger partial charge is 1.00 e. The molecule has 9 heteroatoms. The third-order valence-electron chi connectivity index (χ3n) is 2.28. The molecule has 0 aromatic carbocycles. The van der Waals surface area contributed by atoms with Gasteiger partial charge in [-0.2, -0.15) is 0 Å². The molecule has 3 rings (SSSR count). The van der Waals surface area contributed by atoms with E-state index in [9.17, 15) is 0 Å². The number of aliphatic imine (C=N–C) groups is 4. The number of nitrogens with zero attached hydrogens (tertiary/aromatic N) is 5. The first-order valence-electron chi connectivity index (χ1n) is 5.05. The zero-order valence-electron chi connectivity index (χ0n) is 10.1. The van der Waals surface area contributed by atoms with Gasteiger partial charge in [0.15, 0.2) is 11.7 Å². The molecule has 104 valence electrons. The van der Waals surface area contributed by atoms with Crippen LogP contribution in [0, 0.1) is 0 Å². The molecule has 5 nitrogen and oxygen atoms in total. The largest absolute Gasteiger partial charge is 3.00 e. The average Bonchev–Trinajstić information content (AvgIpc) is 3.03. The zero-order chi connectivity index (χ0) is 10.8. The molecule has 0 atom stereocenters. The van der Waals surface area contributed by atoms with Gasteiger partial charge in [-0.15, -0.1) is 0 Å². The minimum atomic E-state index is 0. The second-order valence-corrected chi connectivity index (χ2v) is 3.36. The van der Waals surface area contributed by atoms with E-state index in [1.54, 1.807) is 12.4 Å². The second-order valence-electron chi connectivity index (χ2n) is 3.36. The Morgan fingerprint density at radius 1 is 0.750 bits per heavy atom. The van der Waals surface area contributed by atoms with Crippen LogP contribution in [0.15, 0.2) is 38.2 Å². The SMILES string of the molecule is C1=NC(c2cccc(C3=NCC=N3)n2)=NC1.[Cl-].[Cl-].[Cl-].[V+3]. The van der Waals surface area contributed by atoms with Gasteiger partial charge in [-0.1, -0.05) is 6.07 Å². The fraction of sp³-hybridized carbons (Fsp3) is 0.182. The van der Waals surface area contributed by atoms with Gasteiger partial charge < -0.3 is 37.2 Å². The number of rotatable bonds is 2. The number of hydrogen-bond acceptors (Lipinski definition) is 5. The quantitative estimate of drug-likeness (QED) is 0.512. The van der Waals surface area contributed by atoms with Crippen LogP contribution >= 0.6 is 0 Å². The van der Waals surface area contributed by atoms with Gasteiger partial charge in [0.05, 0.1) is 13.1 Å². The average molecular weight is 369 g/mol. The van der Waals surface area contributed by atoms with Gasteiger partial charge in [-0.05, 0) is 12.1 Å². The number of hydrogen-bond donors (Lipinski definition) is 0. The third kappa shape index (κ3) is 4.68. The molecule has 0 saturated heterocycles. The maximum atomic E-state index is 4.45. The van der Waals surface area contributed by atoms with Gasteiger partial charge >= 0.3 is 18.6 Å². The van der Waals surface area contributed by atoms with Crippen molar-refractivity contribution in [1.29, 1.82) is 0 Å². The van der Waals surface area contributed by atoms with Crippen LogP contribution in [0.5, 0.6) is 0 Å². The Kier molecular flexibility index (Phi) is 10.9. The number of pyridine rings is 1. The molecule has 0 saturated carbocycles. The van der Waals surface area contributed by atoms with Crippen molar-refractivity contribution in [2.24, 2.45) is 20.0 Å². The molecule has 0 amide bonds. The Labute approximate surface area is 147 Å². The summed E-state index contributed by atoms with van der Waals surface area (Å²) in [6, 6.07) is 5.71. The summed E-state index contributed by atoms with van der Waals surface area (Å²) in [4.78, 5) is 21.2. The molecule has 3 heterocycles. The van der Waals surface area contributed by atoms with E-state index in [1.165, 1.54) is 0 Å². The van der Waals surface area contributed by atoms with Crippen molar-refractivity contribution in [3.8, 4) is 0 Å². The Balaban J connectivity index is 0. The predicted octanol–water partition coefficient (Wildman–Crippen LogP) is -8.25. The van der Waals surface area contributed by atoms with Crippen molar-refractivity contribution < 1.29 is 55.8 Å². The van der Waals surface area contributed by atoms with Gasteiger partial charge in [0.1, 0.15) is 11.4 Å². The van der Waals surface area contributed by atoms with Crippen LogP contribution in [0.2, 0.25) is 0 Å². The van der Waals surface area contributed by atoms with Crippen molar-refractivity contribution in [1.82, 2.24) is 4.98 Å². The maximum Gasteiger partial charge on any atom is 3.00 e. The van der Waals surface area contributed by atoms with E-state index >= 15 is 0 Å². The molecule has 20 heavy (non-hydrogen) atoms. The van der Waals surface area contributed by atoms with E-state index in [4.69, 9.17) is 0 Å². The Morgan fingerprint density at radius 3 is 1.55 bits per heavy atom. The second kappa shape index (κ2) is 10.1. The third-order valence-corrected chi connectivity index (χ3v) is 2.28. The minimum absolute atomic E-state index is 0. The number of aromatic nitrogens is 1. The van der Waals surface area contributed by atoms with E-state index in [1.807, 2.05) is 18.2 Å². The van der Waals surface area contributed by atoms with Crippen molar-refractivity contribution in [2.75, 3.05) is 13.1 Å². The van der Waals surface area contributed by atoms with Crippen LogP contribution in [-0.2, 0) is 18.6 Å². The molecule has 0 aliphatic carbocycles. The normalized spacial score (nSPS) is 14.2. The van der Waals surface area contributed by atoms with Crippen molar-refractivity contribution in [3.63, 3.8) is 0 Å². The van der Waals surface area contributed by atoms with E-state index in [0.29, 0.717) is 24.8 Å². The summed E-state index contributed by atoms with van der Waals surface area (Å²) in [6.45, 7) is 1.28. The minimum Gasteiger partial charge on any atom is -1.00 e. The first kappa shape index (κ1) is 21.6. The van der Waals surface area contributed by atoms with Gasteiger partial charge in [0.2, 0.25) is 0 Å². The fourth-order valence-electron chi connectivity index (χ4n) is 1.57. The van der Waals surface area contributed by atoms with E-state index in [-0.39, 0.29) is 55.8 Å². The first-order chi connectivity index (χ1) is 7.93. The molecule has 1 aromatic rings. The molecule has 0 unspecified atom stereocenters. The van der Waals surface area contributed by atoms with E-state index in [2.05, 4.69) is 25.0 Å². The maximum absolute atomic E-state index is 4.45. The van der Waals surface area contributed by atoms with Crippen LogP contribution < -0.4 is 37.2 Å². The Bertz CT molecular complexity index is 511. The molecule has 2 aliphatic rings. The molecule has 0 fully saturated rings. The van der Waals surface area contributed by atoms with Crippen LogP contribution in [0.1, 0.15) is 11.4 Å². The monoisotopic (exact) mass is 367 g/mol. The van der Waals surface area contributed by atoms with E-state index < -0.39 is 0 Å². The van der Waals surface area contributed by atoms with Crippen molar-refractivity contribution >= 4 is 24.1 Å². The van der Waals surface area contributed by atoms with Gasteiger partial charge in [-0.3, -0.25) is 9.98 Å². The van der Waals surface area contributed by atoms with E-state index in [0.717, 1.165) is 11.4 Å². The first-order valence-corrected chi connectivity index (χ1v) is 5.05. The summed E-state index contributed by atoms with van der Waals surface area (Å²) in [6.07, 6.45) is 3.55. The van der Waals surface area contributed by atoms with Gasteiger partial charge in [-0.25, -0.2) is 15.0 Å². The molecular weight excluding hydrogens is 359 g/mol. The van der Waals surface area contributed by atoms with Crippen molar-refractivity contribution in [3.05, 3.63) is 29.6 Å².